The van der Waals surface area contributed by atoms with Crippen LogP contribution in [0.15, 0.2) is 46.9 Å². The van der Waals surface area contributed by atoms with Crippen LogP contribution >= 0.6 is 15.9 Å². The molecule has 0 aromatic heterocycles. The molecule has 0 aliphatic carbocycles. The summed E-state index contributed by atoms with van der Waals surface area (Å²) < 4.78 is 31.9. The highest BCUT2D eigenvalue weighted by Crippen LogP contribution is 2.18. The highest BCUT2D eigenvalue weighted by molar-refractivity contribution is 9.10. The van der Waals surface area contributed by atoms with Crippen molar-refractivity contribution < 1.29 is 13.5 Å². The van der Waals surface area contributed by atoms with Crippen molar-refractivity contribution in [3.63, 3.8) is 0 Å². The van der Waals surface area contributed by atoms with Crippen molar-refractivity contribution in [3.05, 3.63) is 64.1 Å². The Labute approximate surface area is 106 Å². The minimum Gasteiger partial charge on any atom is -0.489 e. The molecule has 0 heterocycles. The molecule has 2 rings (SSSR count). The fourth-order valence-electron chi connectivity index (χ4n) is 1.42. The van der Waals surface area contributed by atoms with E-state index in [1.54, 1.807) is 18.2 Å². The van der Waals surface area contributed by atoms with Crippen molar-refractivity contribution in [2.45, 2.75) is 6.61 Å². The van der Waals surface area contributed by atoms with Crippen LogP contribution in [0.25, 0.3) is 0 Å². The van der Waals surface area contributed by atoms with Gasteiger partial charge in [0.2, 0.25) is 0 Å². The second-order valence-corrected chi connectivity index (χ2v) is 4.44. The van der Waals surface area contributed by atoms with Crippen LogP contribution in [0, 0.1) is 11.6 Å². The number of halogens is 3. The molecule has 0 radical (unpaired) electrons. The molecule has 0 saturated heterocycles. The Morgan fingerprint density at radius 3 is 2.53 bits per heavy atom. The lowest BCUT2D eigenvalue weighted by atomic mass is 10.2. The van der Waals surface area contributed by atoms with E-state index >= 15 is 0 Å². The average Bonchev–Trinajstić information content (AvgIpc) is 2.25. The second kappa shape index (κ2) is 5.27. The lowest BCUT2D eigenvalue weighted by Crippen LogP contribution is -1.96. The monoisotopic (exact) mass is 298 g/mol. The number of rotatable bonds is 3. The van der Waals surface area contributed by atoms with E-state index in [-0.39, 0.29) is 18.2 Å². The van der Waals surface area contributed by atoms with Gasteiger partial charge in [-0.1, -0.05) is 22.0 Å². The van der Waals surface area contributed by atoms with Crippen molar-refractivity contribution in [3.8, 4) is 5.75 Å². The predicted octanol–water partition coefficient (Wildman–Crippen LogP) is 4.31. The third kappa shape index (κ3) is 3.53. The maximum Gasteiger partial charge on any atom is 0.126 e. The van der Waals surface area contributed by atoms with Gasteiger partial charge in [-0.3, -0.25) is 0 Å². The average molecular weight is 299 g/mol. The molecule has 0 saturated carbocycles. The van der Waals surface area contributed by atoms with E-state index in [1.165, 1.54) is 24.3 Å². The normalized spacial score (nSPS) is 10.3. The molecule has 0 unspecified atom stereocenters. The summed E-state index contributed by atoms with van der Waals surface area (Å²) in [6, 6.07) is 10.3. The van der Waals surface area contributed by atoms with Crippen LogP contribution in [0.3, 0.4) is 0 Å². The second-order valence-electron chi connectivity index (χ2n) is 3.52. The third-order valence-corrected chi connectivity index (χ3v) is 2.58. The molecule has 0 amide bonds. The molecule has 0 atom stereocenters. The summed E-state index contributed by atoms with van der Waals surface area (Å²) >= 11 is 3.20. The first-order valence-electron chi connectivity index (χ1n) is 4.97. The van der Waals surface area contributed by atoms with E-state index in [1.807, 2.05) is 0 Å². The van der Waals surface area contributed by atoms with Gasteiger partial charge in [0.25, 0.3) is 0 Å². The van der Waals surface area contributed by atoms with Gasteiger partial charge >= 0.3 is 0 Å². The van der Waals surface area contributed by atoms with E-state index in [9.17, 15) is 8.78 Å². The smallest absolute Gasteiger partial charge is 0.126 e. The van der Waals surface area contributed by atoms with Crippen LogP contribution < -0.4 is 4.74 Å². The van der Waals surface area contributed by atoms with Gasteiger partial charge in [-0.15, -0.1) is 0 Å². The van der Waals surface area contributed by atoms with Gasteiger partial charge in [-0.25, -0.2) is 8.78 Å². The summed E-state index contributed by atoms with van der Waals surface area (Å²) in [5, 5.41) is 0. The summed E-state index contributed by atoms with van der Waals surface area (Å²) in [6.45, 7) is 0.194. The molecule has 2 aromatic carbocycles. The number of ether oxygens (including phenoxy) is 1. The molecule has 0 aliphatic rings. The summed E-state index contributed by atoms with van der Waals surface area (Å²) in [5.74, 6) is -0.273. The van der Waals surface area contributed by atoms with E-state index in [4.69, 9.17) is 4.74 Å². The lowest BCUT2D eigenvalue weighted by molar-refractivity contribution is 0.304. The largest absolute Gasteiger partial charge is 0.489 e. The molecule has 1 nitrogen and oxygen atoms in total. The van der Waals surface area contributed by atoms with E-state index in [0.29, 0.717) is 15.8 Å². The number of hydrogen-bond donors (Lipinski definition) is 0. The van der Waals surface area contributed by atoms with Crippen molar-refractivity contribution in [1.29, 1.82) is 0 Å². The Morgan fingerprint density at radius 1 is 1.00 bits per heavy atom. The molecule has 88 valence electrons. The lowest BCUT2D eigenvalue weighted by Gasteiger charge is -2.06. The summed E-state index contributed by atoms with van der Waals surface area (Å²) in [4.78, 5) is 0. The molecule has 0 N–H and O–H groups in total. The Kier molecular flexibility index (Phi) is 3.74. The zero-order valence-electron chi connectivity index (χ0n) is 8.79. The van der Waals surface area contributed by atoms with Crippen molar-refractivity contribution >= 4 is 15.9 Å². The maximum absolute atomic E-state index is 13.1. The van der Waals surface area contributed by atoms with Gasteiger partial charge in [0.15, 0.2) is 0 Å². The number of hydrogen-bond acceptors (Lipinski definition) is 1. The molecule has 0 bridgehead atoms. The van der Waals surface area contributed by atoms with Crippen molar-refractivity contribution in [1.82, 2.24) is 0 Å². The first-order valence-corrected chi connectivity index (χ1v) is 5.76. The van der Waals surface area contributed by atoms with Gasteiger partial charge in [0.1, 0.15) is 24.0 Å². The van der Waals surface area contributed by atoms with Crippen LogP contribution in [0.4, 0.5) is 8.78 Å². The molecule has 4 heteroatoms. The number of benzene rings is 2. The molecule has 0 spiro atoms. The molecule has 17 heavy (non-hydrogen) atoms. The Hall–Kier alpha value is -1.42. The standard InChI is InChI=1S/C13H9BrF2O/c14-10-4-9(5-12(16)6-10)8-17-13-3-1-2-11(15)7-13/h1-7H,8H2. The van der Waals surface area contributed by atoms with Gasteiger partial charge < -0.3 is 4.74 Å². The van der Waals surface area contributed by atoms with Crippen LogP contribution in [0.5, 0.6) is 5.75 Å². The van der Waals surface area contributed by atoms with E-state index in [0.717, 1.165) is 0 Å². The van der Waals surface area contributed by atoms with Gasteiger partial charge in [-0.05, 0) is 35.9 Å². The molecule has 0 fully saturated rings. The minimum absolute atomic E-state index is 0.194. The Bertz CT molecular complexity index is 508. The Balaban J connectivity index is 2.07. The highest BCUT2D eigenvalue weighted by Gasteiger charge is 2.01. The Morgan fingerprint density at radius 2 is 1.82 bits per heavy atom. The third-order valence-electron chi connectivity index (χ3n) is 2.12. The summed E-state index contributed by atoms with van der Waals surface area (Å²) in [5.41, 5.74) is 0.682. The van der Waals surface area contributed by atoms with E-state index < -0.39 is 0 Å². The highest BCUT2D eigenvalue weighted by atomic mass is 79.9. The minimum atomic E-state index is -0.358. The van der Waals surface area contributed by atoms with Crippen LogP contribution in [0.2, 0.25) is 0 Å². The maximum atomic E-state index is 13.1. The van der Waals surface area contributed by atoms with Crippen LogP contribution in [-0.2, 0) is 6.61 Å². The topological polar surface area (TPSA) is 9.23 Å². The molecular formula is C13H9BrF2O. The first kappa shape index (κ1) is 12.0. The van der Waals surface area contributed by atoms with Gasteiger partial charge in [0, 0.05) is 10.5 Å². The van der Waals surface area contributed by atoms with Gasteiger partial charge in [-0.2, -0.15) is 0 Å². The van der Waals surface area contributed by atoms with Crippen molar-refractivity contribution in [2.24, 2.45) is 0 Å². The van der Waals surface area contributed by atoms with E-state index in [2.05, 4.69) is 15.9 Å². The predicted molar refractivity (Wildman–Crippen MR) is 64.8 cm³/mol. The molecular weight excluding hydrogens is 290 g/mol. The zero-order chi connectivity index (χ0) is 12.3. The van der Waals surface area contributed by atoms with Gasteiger partial charge in [0.05, 0.1) is 0 Å². The molecule has 0 aliphatic heterocycles. The molecule has 2 aromatic rings. The zero-order valence-corrected chi connectivity index (χ0v) is 10.4. The first-order chi connectivity index (χ1) is 8.13. The summed E-state index contributed by atoms with van der Waals surface area (Å²) in [7, 11) is 0. The van der Waals surface area contributed by atoms with Crippen LogP contribution in [-0.4, -0.2) is 0 Å². The quantitative estimate of drug-likeness (QED) is 0.820. The summed E-state index contributed by atoms with van der Waals surface area (Å²) in [6.07, 6.45) is 0. The SMILES string of the molecule is Fc1cc(Br)cc(COc2cccc(F)c2)c1. The fraction of sp³-hybridized carbons (Fsp3) is 0.0769. The van der Waals surface area contributed by atoms with Crippen LogP contribution in [0.1, 0.15) is 5.56 Å². The van der Waals surface area contributed by atoms with Crippen molar-refractivity contribution in [2.75, 3.05) is 0 Å². The fourth-order valence-corrected chi connectivity index (χ4v) is 1.93.